The Morgan fingerprint density at radius 2 is 1.33 bits per heavy atom. The van der Waals surface area contributed by atoms with Gasteiger partial charge in [-0.25, -0.2) is 0 Å². The third-order valence-electron chi connectivity index (χ3n) is 7.84. The molecule has 1 aliphatic rings. The topological polar surface area (TPSA) is 30.9 Å². The highest BCUT2D eigenvalue weighted by Crippen LogP contribution is 2.40. The van der Waals surface area contributed by atoms with Gasteiger partial charge in [-0.1, -0.05) is 84.9 Å². The lowest BCUT2D eigenvalue weighted by Crippen LogP contribution is -2.36. The first-order valence-corrected chi connectivity index (χ1v) is 13.4. The SMILES string of the molecule is COc1ccc2cc(C[C@H]3C=CCN3C(c3ccccc3)c3ccccc3)c3cc(OC)c(OC)cc3c2c1. The second-order valence-corrected chi connectivity index (χ2v) is 10.00. The molecule has 0 saturated carbocycles. The minimum atomic E-state index is 0.165. The fraction of sp³-hybridized carbons (Fsp3) is 0.200. The first-order valence-electron chi connectivity index (χ1n) is 13.4. The summed E-state index contributed by atoms with van der Waals surface area (Å²) in [5.41, 5.74) is 3.89. The summed E-state index contributed by atoms with van der Waals surface area (Å²) in [5.74, 6) is 2.30. The molecule has 4 heteroatoms. The van der Waals surface area contributed by atoms with Gasteiger partial charge in [0.25, 0.3) is 0 Å². The van der Waals surface area contributed by atoms with Gasteiger partial charge < -0.3 is 14.2 Å². The second kappa shape index (κ2) is 10.8. The maximum Gasteiger partial charge on any atom is 0.161 e. The molecule has 0 bridgehead atoms. The van der Waals surface area contributed by atoms with Gasteiger partial charge in [0.2, 0.25) is 0 Å². The summed E-state index contributed by atoms with van der Waals surface area (Å²) >= 11 is 0. The van der Waals surface area contributed by atoms with E-state index in [1.165, 1.54) is 27.5 Å². The van der Waals surface area contributed by atoms with E-state index in [4.69, 9.17) is 14.2 Å². The van der Waals surface area contributed by atoms with Gasteiger partial charge in [0, 0.05) is 12.6 Å². The van der Waals surface area contributed by atoms with Gasteiger partial charge >= 0.3 is 0 Å². The Morgan fingerprint density at radius 3 is 1.95 bits per heavy atom. The molecule has 5 aromatic carbocycles. The van der Waals surface area contributed by atoms with E-state index in [-0.39, 0.29) is 12.1 Å². The molecular weight excluding hydrogens is 482 g/mol. The van der Waals surface area contributed by atoms with Crippen LogP contribution in [-0.2, 0) is 6.42 Å². The molecule has 6 rings (SSSR count). The molecule has 0 amide bonds. The number of nitrogens with zero attached hydrogens (tertiary/aromatic N) is 1. The van der Waals surface area contributed by atoms with Gasteiger partial charge in [-0.3, -0.25) is 4.90 Å². The smallest absolute Gasteiger partial charge is 0.161 e. The Balaban J connectivity index is 1.47. The van der Waals surface area contributed by atoms with Crippen molar-refractivity contribution in [3.63, 3.8) is 0 Å². The average Bonchev–Trinajstić information content (AvgIpc) is 3.44. The van der Waals surface area contributed by atoms with Gasteiger partial charge in [-0.05, 0) is 68.9 Å². The lowest BCUT2D eigenvalue weighted by atomic mass is 9.91. The predicted molar refractivity (Wildman–Crippen MR) is 159 cm³/mol. The van der Waals surface area contributed by atoms with Crippen molar-refractivity contribution in [2.24, 2.45) is 0 Å². The van der Waals surface area contributed by atoms with E-state index in [9.17, 15) is 0 Å². The summed E-state index contributed by atoms with van der Waals surface area (Å²) in [6.45, 7) is 0.902. The number of ether oxygens (including phenoxy) is 3. The highest BCUT2D eigenvalue weighted by Gasteiger charge is 2.30. The fourth-order valence-electron chi connectivity index (χ4n) is 5.96. The number of rotatable bonds is 8. The third-order valence-corrected chi connectivity index (χ3v) is 7.84. The highest BCUT2D eigenvalue weighted by atomic mass is 16.5. The van der Waals surface area contributed by atoms with Crippen LogP contribution in [0, 0.1) is 0 Å². The van der Waals surface area contributed by atoms with Crippen LogP contribution in [0.2, 0.25) is 0 Å². The van der Waals surface area contributed by atoms with Crippen LogP contribution in [0.1, 0.15) is 22.7 Å². The van der Waals surface area contributed by atoms with E-state index < -0.39 is 0 Å². The molecule has 1 aliphatic heterocycles. The zero-order chi connectivity index (χ0) is 26.8. The van der Waals surface area contributed by atoms with Crippen molar-refractivity contribution < 1.29 is 14.2 Å². The maximum atomic E-state index is 5.73. The highest BCUT2D eigenvalue weighted by molar-refractivity contribution is 6.10. The molecular formula is C35H33NO3. The molecule has 4 nitrogen and oxygen atoms in total. The van der Waals surface area contributed by atoms with Crippen LogP contribution >= 0.6 is 0 Å². The first-order chi connectivity index (χ1) is 19.2. The Bertz CT molecular complexity index is 1590. The summed E-state index contributed by atoms with van der Waals surface area (Å²) in [6, 6.07) is 34.9. The van der Waals surface area contributed by atoms with Crippen LogP contribution in [-0.4, -0.2) is 38.8 Å². The second-order valence-electron chi connectivity index (χ2n) is 10.00. The molecule has 0 N–H and O–H groups in total. The van der Waals surface area contributed by atoms with Crippen LogP contribution in [0.25, 0.3) is 21.5 Å². The Kier molecular flexibility index (Phi) is 6.95. The number of hydrogen-bond donors (Lipinski definition) is 0. The van der Waals surface area contributed by atoms with Crippen LogP contribution < -0.4 is 14.2 Å². The molecule has 0 radical (unpaired) electrons. The van der Waals surface area contributed by atoms with Crippen molar-refractivity contribution in [2.75, 3.05) is 27.9 Å². The summed E-state index contributed by atoms with van der Waals surface area (Å²) in [5, 5.41) is 4.63. The Labute approximate surface area is 230 Å². The van der Waals surface area contributed by atoms with E-state index in [1.54, 1.807) is 21.3 Å². The molecule has 39 heavy (non-hydrogen) atoms. The van der Waals surface area contributed by atoms with E-state index in [2.05, 4.69) is 108 Å². The van der Waals surface area contributed by atoms with Gasteiger partial charge in [-0.15, -0.1) is 0 Å². The molecule has 5 aromatic rings. The van der Waals surface area contributed by atoms with E-state index in [0.29, 0.717) is 0 Å². The summed E-state index contributed by atoms with van der Waals surface area (Å²) in [7, 11) is 5.09. The minimum absolute atomic E-state index is 0.165. The molecule has 0 saturated heterocycles. The number of hydrogen-bond acceptors (Lipinski definition) is 4. The molecule has 196 valence electrons. The van der Waals surface area contributed by atoms with Gasteiger partial charge in [0.15, 0.2) is 11.5 Å². The van der Waals surface area contributed by atoms with Crippen molar-refractivity contribution in [1.82, 2.24) is 4.90 Å². The zero-order valence-electron chi connectivity index (χ0n) is 22.6. The van der Waals surface area contributed by atoms with Crippen LogP contribution in [0.3, 0.4) is 0 Å². The maximum absolute atomic E-state index is 5.73. The molecule has 0 fully saturated rings. The molecule has 0 aliphatic carbocycles. The lowest BCUT2D eigenvalue weighted by molar-refractivity contribution is 0.221. The summed E-state index contributed by atoms with van der Waals surface area (Å²) < 4.78 is 17.0. The number of benzene rings is 5. The van der Waals surface area contributed by atoms with Crippen molar-refractivity contribution in [3.05, 3.63) is 126 Å². The normalized spacial score (nSPS) is 15.3. The predicted octanol–water partition coefficient (Wildman–Crippen LogP) is 7.59. The number of methoxy groups -OCH3 is 3. The van der Waals surface area contributed by atoms with Gasteiger partial charge in [-0.2, -0.15) is 0 Å². The Hall–Kier alpha value is -4.28. The van der Waals surface area contributed by atoms with Gasteiger partial charge in [0.1, 0.15) is 5.75 Å². The lowest BCUT2D eigenvalue weighted by Gasteiger charge is -2.34. The molecule has 1 atom stereocenters. The Morgan fingerprint density at radius 1 is 0.692 bits per heavy atom. The quantitative estimate of drug-likeness (QED) is 0.157. The fourth-order valence-corrected chi connectivity index (χ4v) is 5.96. The van der Waals surface area contributed by atoms with Crippen LogP contribution in [0.4, 0.5) is 0 Å². The molecule has 0 spiro atoms. The van der Waals surface area contributed by atoms with Crippen LogP contribution in [0.15, 0.2) is 109 Å². The van der Waals surface area contributed by atoms with Gasteiger partial charge in [0.05, 0.1) is 27.4 Å². The van der Waals surface area contributed by atoms with Crippen molar-refractivity contribution in [3.8, 4) is 17.2 Å². The van der Waals surface area contributed by atoms with Crippen LogP contribution in [0.5, 0.6) is 17.2 Å². The number of fused-ring (bicyclic) bond motifs is 3. The largest absolute Gasteiger partial charge is 0.497 e. The molecule has 0 unspecified atom stereocenters. The first kappa shape index (κ1) is 25.0. The summed E-state index contributed by atoms with van der Waals surface area (Å²) in [6.07, 6.45) is 5.55. The molecule has 0 aromatic heterocycles. The van der Waals surface area contributed by atoms with E-state index in [0.717, 1.165) is 41.0 Å². The molecule has 1 heterocycles. The minimum Gasteiger partial charge on any atom is -0.497 e. The zero-order valence-corrected chi connectivity index (χ0v) is 22.6. The standard InChI is InChI=1S/C35H33NO3/c1-37-29-17-16-26-19-27(31-22-33(38-2)34(39-3)23-32(31)30(26)21-29)20-28-15-10-18-36(28)35(24-11-6-4-7-12-24)25-13-8-5-9-14-25/h4-17,19,21-23,28,35H,18,20H2,1-3H3/t28-/m1/s1. The van der Waals surface area contributed by atoms with Crippen molar-refractivity contribution >= 4 is 21.5 Å². The third kappa shape index (κ3) is 4.73. The monoisotopic (exact) mass is 515 g/mol. The average molecular weight is 516 g/mol. The van der Waals surface area contributed by atoms with E-state index in [1.807, 2.05) is 6.07 Å². The van der Waals surface area contributed by atoms with Crippen molar-refractivity contribution in [1.29, 1.82) is 0 Å². The van der Waals surface area contributed by atoms with E-state index >= 15 is 0 Å². The van der Waals surface area contributed by atoms with Crippen molar-refractivity contribution in [2.45, 2.75) is 18.5 Å². The summed E-state index contributed by atoms with van der Waals surface area (Å²) in [4.78, 5) is 2.61.